The summed E-state index contributed by atoms with van der Waals surface area (Å²) in [5, 5.41) is 21.4. The van der Waals surface area contributed by atoms with Crippen molar-refractivity contribution in [2.24, 2.45) is 22.7 Å². The average Bonchev–Trinajstić information content (AvgIpc) is 3.18. The quantitative estimate of drug-likeness (QED) is 0.215. The van der Waals surface area contributed by atoms with Crippen molar-refractivity contribution in [3.63, 3.8) is 0 Å². The van der Waals surface area contributed by atoms with E-state index in [9.17, 15) is 24.6 Å². The van der Waals surface area contributed by atoms with Gasteiger partial charge in [-0.3, -0.25) is 14.3 Å². The van der Waals surface area contributed by atoms with Gasteiger partial charge in [-0.15, -0.1) is 0 Å². The van der Waals surface area contributed by atoms with Crippen LogP contribution in [-0.4, -0.2) is 52.9 Å². The molecule has 4 rings (SSSR count). The third kappa shape index (κ3) is 5.20. The van der Waals surface area contributed by atoms with E-state index in [0.29, 0.717) is 24.8 Å². The van der Waals surface area contributed by atoms with Gasteiger partial charge in [-0.05, 0) is 73.8 Å². The van der Waals surface area contributed by atoms with E-state index in [0.717, 1.165) is 5.57 Å². The number of benzene rings is 1. The summed E-state index contributed by atoms with van der Waals surface area (Å²) in [6.45, 7) is 12.5. The van der Waals surface area contributed by atoms with Gasteiger partial charge in [0.2, 0.25) is 12.6 Å². The van der Waals surface area contributed by atoms with Crippen molar-refractivity contribution in [3.8, 4) is 5.75 Å². The number of allylic oxidation sites excluding steroid dienone is 3. The summed E-state index contributed by atoms with van der Waals surface area (Å²) in [6.07, 6.45) is 2.62. The summed E-state index contributed by atoms with van der Waals surface area (Å²) >= 11 is 0. The lowest BCUT2D eigenvalue weighted by Crippen LogP contribution is -2.63. The Morgan fingerprint density at radius 1 is 1.07 bits per heavy atom. The standard InChI is InChI=1S/C31H38O9/c1-7-17(2)12-13-30(6)18(3)14-26(35)31-24(28(37-19(4)32)40-29(31)38-20(5)33)15-23(16-25(30)31)39-27(36)21-8-10-22(34)11-9-21/h7-12,15,18,23,25-26,28-29,34-35H,1,13-14,16H2,2-6H3/b17-12+. The van der Waals surface area contributed by atoms with Crippen LogP contribution in [0.1, 0.15) is 64.2 Å². The molecule has 216 valence electrons. The van der Waals surface area contributed by atoms with Crippen LogP contribution in [0.3, 0.4) is 0 Å². The van der Waals surface area contributed by atoms with Gasteiger partial charge in [0.25, 0.3) is 0 Å². The van der Waals surface area contributed by atoms with Crippen LogP contribution in [0.2, 0.25) is 0 Å². The van der Waals surface area contributed by atoms with E-state index in [1.165, 1.54) is 38.1 Å². The van der Waals surface area contributed by atoms with Gasteiger partial charge >= 0.3 is 17.9 Å². The maximum atomic E-state index is 13.1. The zero-order chi connectivity index (χ0) is 29.4. The van der Waals surface area contributed by atoms with E-state index in [2.05, 4.69) is 26.5 Å². The maximum Gasteiger partial charge on any atom is 0.338 e. The van der Waals surface area contributed by atoms with Crippen LogP contribution in [-0.2, 0) is 28.5 Å². The number of rotatable bonds is 7. The van der Waals surface area contributed by atoms with Crippen LogP contribution >= 0.6 is 0 Å². The van der Waals surface area contributed by atoms with Crippen molar-refractivity contribution < 1.29 is 43.5 Å². The minimum Gasteiger partial charge on any atom is -0.508 e. The van der Waals surface area contributed by atoms with E-state index in [-0.39, 0.29) is 17.2 Å². The van der Waals surface area contributed by atoms with E-state index >= 15 is 0 Å². The highest BCUT2D eigenvalue weighted by Crippen LogP contribution is 2.67. The molecule has 40 heavy (non-hydrogen) atoms. The number of phenols is 1. The summed E-state index contributed by atoms with van der Waals surface area (Å²) in [6, 6.07) is 5.73. The number of ether oxygens (including phenoxy) is 4. The molecular formula is C31H38O9. The van der Waals surface area contributed by atoms with Gasteiger partial charge in [-0.2, -0.15) is 0 Å². The fourth-order valence-electron chi connectivity index (χ4n) is 6.67. The Balaban J connectivity index is 1.86. The van der Waals surface area contributed by atoms with Crippen molar-refractivity contribution in [1.29, 1.82) is 0 Å². The smallest absolute Gasteiger partial charge is 0.338 e. The Hall–Kier alpha value is -3.43. The normalized spacial score (nSPS) is 35.0. The SMILES string of the molecule is C=C/C(C)=C/CC1(C)C(C)CC(O)C23C(=CC(OC(=O)c4ccc(O)cc4)CC12)C(OC(C)=O)OC3OC(C)=O. The third-order valence-electron chi connectivity index (χ3n) is 8.94. The molecule has 3 aliphatic rings. The molecule has 9 nitrogen and oxygen atoms in total. The molecule has 1 saturated heterocycles. The molecule has 8 unspecified atom stereocenters. The number of aromatic hydroxyl groups is 1. The van der Waals surface area contributed by atoms with E-state index in [4.69, 9.17) is 18.9 Å². The van der Waals surface area contributed by atoms with Crippen molar-refractivity contribution in [2.45, 2.75) is 78.7 Å². The molecule has 1 heterocycles. The highest BCUT2D eigenvalue weighted by atomic mass is 16.8. The highest BCUT2D eigenvalue weighted by molar-refractivity contribution is 5.89. The molecule has 1 aliphatic heterocycles. The van der Waals surface area contributed by atoms with Crippen LogP contribution in [0.25, 0.3) is 0 Å². The van der Waals surface area contributed by atoms with Crippen molar-refractivity contribution >= 4 is 17.9 Å². The minimum absolute atomic E-state index is 0.0190. The van der Waals surface area contributed by atoms with Crippen molar-refractivity contribution in [2.75, 3.05) is 0 Å². The number of hydrogen-bond acceptors (Lipinski definition) is 9. The molecule has 2 N–H and O–H groups in total. The predicted molar refractivity (Wildman–Crippen MR) is 145 cm³/mol. The second kappa shape index (κ2) is 11.2. The summed E-state index contributed by atoms with van der Waals surface area (Å²) in [7, 11) is 0. The molecule has 1 spiro atoms. The zero-order valence-electron chi connectivity index (χ0n) is 23.6. The molecule has 1 aromatic carbocycles. The number of phenolic OH excluding ortho intramolecular Hbond substituents is 1. The molecule has 1 aromatic rings. The first-order valence-electron chi connectivity index (χ1n) is 13.5. The summed E-state index contributed by atoms with van der Waals surface area (Å²) in [5.74, 6) is -2.18. The number of aliphatic hydroxyl groups excluding tert-OH is 1. The van der Waals surface area contributed by atoms with Gasteiger partial charge in [0, 0.05) is 19.4 Å². The summed E-state index contributed by atoms with van der Waals surface area (Å²) in [5.41, 5.74) is -0.0330. The Morgan fingerprint density at radius 3 is 2.33 bits per heavy atom. The minimum atomic E-state index is -1.24. The van der Waals surface area contributed by atoms with Crippen LogP contribution in [0.15, 0.2) is 60.2 Å². The monoisotopic (exact) mass is 554 g/mol. The average molecular weight is 555 g/mol. The lowest BCUT2D eigenvalue weighted by atomic mass is 9.45. The van der Waals surface area contributed by atoms with E-state index in [1.54, 1.807) is 12.2 Å². The number of hydrogen-bond donors (Lipinski definition) is 2. The van der Waals surface area contributed by atoms with Crippen LogP contribution in [0, 0.1) is 22.7 Å². The molecule has 8 atom stereocenters. The third-order valence-corrected chi connectivity index (χ3v) is 8.94. The topological polar surface area (TPSA) is 129 Å². The summed E-state index contributed by atoms with van der Waals surface area (Å²) < 4.78 is 23.2. The Bertz CT molecular complexity index is 1230. The second-order valence-electron chi connectivity index (χ2n) is 11.4. The lowest BCUT2D eigenvalue weighted by molar-refractivity contribution is -0.253. The molecule has 0 aromatic heterocycles. The van der Waals surface area contributed by atoms with Crippen LogP contribution in [0.5, 0.6) is 5.75 Å². The molecule has 1 saturated carbocycles. The Kier molecular flexibility index (Phi) is 8.28. The Labute approximate surface area is 234 Å². The zero-order valence-corrected chi connectivity index (χ0v) is 23.6. The number of carbonyl (C=O) groups excluding carboxylic acids is 3. The number of esters is 3. The molecule has 0 amide bonds. The largest absolute Gasteiger partial charge is 0.508 e. The maximum absolute atomic E-state index is 13.1. The van der Waals surface area contributed by atoms with E-state index in [1.807, 2.05) is 6.92 Å². The van der Waals surface area contributed by atoms with Gasteiger partial charge < -0.3 is 24.4 Å². The van der Waals surface area contributed by atoms with Gasteiger partial charge in [0.15, 0.2) is 0 Å². The van der Waals surface area contributed by atoms with Gasteiger partial charge in [0.05, 0.1) is 17.1 Å². The molecule has 2 aliphatic carbocycles. The highest BCUT2D eigenvalue weighted by Gasteiger charge is 2.71. The molecule has 0 bridgehead atoms. The molecule has 9 heteroatoms. The lowest BCUT2D eigenvalue weighted by Gasteiger charge is -2.60. The Morgan fingerprint density at radius 2 is 1.73 bits per heavy atom. The molecule has 0 radical (unpaired) electrons. The summed E-state index contributed by atoms with van der Waals surface area (Å²) in [4.78, 5) is 37.4. The first kappa shape index (κ1) is 29.6. The van der Waals surface area contributed by atoms with Crippen molar-refractivity contribution in [1.82, 2.24) is 0 Å². The fraction of sp³-hybridized carbons (Fsp3) is 0.516. The van der Waals surface area contributed by atoms with Gasteiger partial charge in [-0.1, -0.05) is 38.2 Å². The number of carbonyl (C=O) groups is 3. The predicted octanol–water partition coefficient (Wildman–Crippen LogP) is 4.59. The first-order valence-corrected chi connectivity index (χ1v) is 13.5. The van der Waals surface area contributed by atoms with E-state index < -0.39 is 59.4 Å². The fourth-order valence-corrected chi connectivity index (χ4v) is 6.67. The van der Waals surface area contributed by atoms with Crippen LogP contribution in [0.4, 0.5) is 0 Å². The van der Waals surface area contributed by atoms with Crippen molar-refractivity contribution in [3.05, 3.63) is 65.8 Å². The number of aliphatic hydroxyl groups is 1. The van der Waals surface area contributed by atoms with Gasteiger partial charge in [0.1, 0.15) is 11.9 Å². The van der Waals surface area contributed by atoms with Gasteiger partial charge in [-0.25, -0.2) is 4.79 Å². The molecule has 2 fully saturated rings. The molecular weight excluding hydrogens is 516 g/mol. The van der Waals surface area contributed by atoms with Crippen LogP contribution < -0.4 is 0 Å². The second-order valence-corrected chi connectivity index (χ2v) is 11.4. The first-order chi connectivity index (χ1) is 18.8.